The van der Waals surface area contributed by atoms with E-state index < -0.39 is 0 Å². The number of aryl methyl sites for hydroxylation is 1. The number of imidazole rings is 1. The molecule has 0 aliphatic rings. The van der Waals surface area contributed by atoms with Gasteiger partial charge in [-0.25, -0.2) is 9.37 Å². The first-order chi connectivity index (χ1) is 12.1. The van der Waals surface area contributed by atoms with Gasteiger partial charge in [0.25, 0.3) is 0 Å². The second-order valence-corrected chi connectivity index (χ2v) is 5.92. The fourth-order valence-electron chi connectivity index (χ4n) is 2.58. The van der Waals surface area contributed by atoms with Gasteiger partial charge in [-0.15, -0.1) is 0 Å². The summed E-state index contributed by atoms with van der Waals surface area (Å²) in [5.74, 6) is 0.671. The normalized spacial score (nSPS) is 10.8. The van der Waals surface area contributed by atoms with E-state index in [1.807, 2.05) is 0 Å². The molecule has 1 amide bonds. The summed E-state index contributed by atoms with van der Waals surface area (Å²) in [6.45, 7) is 0.274. The molecule has 0 atom stereocenters. The number of amides is 1. The Labute approximate surface area is 149 Å². The van der Waals surface area contributed by atoms with E-state index in [-0.39, 0.29) is 24.7 Å². The zero-order valence-electron chi connectivity index (χ0n) is 13.6. The van der Waals surface area contributed by atoms with Crippen molar-refractivity contribution in [3.05, 3.63) is 58.6 Å². The molecule has 1 heterocycles. The molecule has 3 aromatic rings. The number of halogens is 2. The number of aromatic nitrogens is 2. The molecule has 0 spiro atoms. The van der Waals surface area contributed by atoms with Gasteiger partial charge in [0.15, 0.2) is 5.82 Å². The molecule has 25 heavy (non-hydrogen) atoms. The number of carbonyl (C=O) groups excluding carboxylic acids is 1. The molecule has 0 fully saturated rings. The van der Waals surface area contributed by atoms with Gasteiger partial charge in [-0.2, -0.15) is 0 Å². The van der Waals surface area contributed by atoms with Crippen molar-refractivity contribution in [1.29, 1.82) is 0 Å². The molecule has 0 aliphatic heterocycles. The highest BCUT2D eigenvalue weighted by Gasteiger charge is 2.11. The molecule has 1 aromatic heterocycles. The van der Waals surface area contributed by atoms with E-state index in [1.54, 1.807) is 37.4 Å². The molecule has 5 nitrogen and oxygen atoms in total. The van der Waals surface area contributed by atoms with Crippen LogP contribution in [0.15, 0.2) is 36.4 Å². The van der Waals surface area contributed by atoms with Crippen molar-refractivity contribution >= 4 is 28.5 Å². The Morgan fingerprint density at radius 2 is 2.12 bits per heavy atom. The van der Waals surface area contributed by atoms with E-state index in [2.05, 4.69) is 15.3 Å². The number of nitrogens with one attached hydrogen (secondary N) is 2. The third-order valence-electron chi connectivity index (χ3n) is 3.86. The Balaban J connectivity index is 1.59. The number of carbonyl (C=O) groups is 1. The Kier molecular flexibility index (Phi) is 5.19. The van der Waals surface area contributed by atoms with E-state index in [0.717, 1.165) is 5.56 Å². The van der Waals surface area contributed by atoms with Crippen LogP contribution in [-0.4, -0.2) is 23.0 Å². The molecule has 2 aromatic carbocycles. The van der Waals surface area contributed by atoms with Gasteiger partial charge in [0.2, 0.25) is 5.91 Å². The fraction of sp³-hybridized carbons (Fsp3) is 0.222. The highest BCUT2D eigenvalue weighted by Crippen LogP contribution is 2.25. The Bertz CT molecular complexity index is 910. The average Bonchev–Trinajstić information content (AvgIpc) is 3.03. The molecular weight excluding hydrogens is 345 g/mol. The number of ether oxygens (including phenoxy) is 1. The lowest BCUT2D eigenvalue weighted by molar-refractivity contribution is -0.121. The van der Waals surface area contributed by atoms with Crippen molar-refractivity contribution < 1.29 is 13.9 Å². The largest absolute Gasteiger partial charge is 0.496 e. The summed E-state index contributed by atoms with van der Waals surface area (Å²) in [6, 6.07) is 10.0. The van der Waals surface area contributed by atoms with E-state index in [4.69, 9.17) is 16.3 Å². The number of hydrogen-bond donors (Lipinski definition) is 2. The SMILES string of the molecule is COc1cccc(Cl)c1CNC(=O)CCc1nc2c(F)cccc2[nH]1. The quantitative estimate of drug-likeness (QED) is 0.704. The van der Waals surface area contributed by atoms with Gasteiger partial charge in [-0.05, 0) is 24.3 Å². The van der Waals surface area contributed by atoms with E-state index in [0.29, 0.717) is 34.1 Å². The number of methoxy groups -OCH3 is 1. The summed E-state index contributed by atoms with van der Waals surface area (Å²) < 4.78 is 18.9. The highest BCUT2D eigenvalue weighted by molar-refractivity contribution is 6.31. The number of aromatic amines is 1. The number of rotatable bonds is 6. The monoisotopic (exact) mass is 361 g/mol. The third kappa shape index (κ3) is 3.91. The van der Waals surface area contributed by atoms with Gasteiger partial charge in [-0.3, -0.25) is 4.79 Å². The smallest absolute Gasteiger partial charge is 0.220 e. The van der Waals surface area contributed by atoms with E-state index in [9.17, 15) is 9.18 Å². The van der Waals surface area contributed by atoms with E-state index in [1.165, 1.54) is 6.07 Å². The van der Waals surface area contributed by atoms with Crippen molar-refractivity contribution in [2.24, 2.45) is 0 Å². The molecule has 0 saturated heterocycles. The van der Waals surface area contributed by atoms with Crippen LogP contribution in [0.5, 0.6) is 5.75 Å². The number of hydrogen-bond acceptors (Lipinski definition) is 3. The number of para-hydroxylation sites is 1. The van der Waals surface area contributed by atoms with Crippen LogP contribution in [0, 0.1) is 5.82 Å². The van der Waals surface area contributed by atoms with E-state index >= 15 is 0 Å². The molecule has 2 N–H and O–H groups in total. The second-order valence-electron chi connectivity index (χ2n) is 5.52. The van der Waals surface area contributed by atoms with Crippen molar-refractivity contribution in [2.45, 2.75) is 19.4 Å². The van der Waals surface area contributed by atoms with Crippen molar-refractivity contribution in [1.82, 2.24) is 15.3 Å². The molecule has 0 saturated carbocycles. The van der Waals surface area contributed by atoms with Crippen LogP contribution >= 0.6 is 11.6 Å². The zero-order valence-corrected chi connectivity index (χ0v) is 14.4. The Hall–Kier alpha value is -2.60. The van der Waals surface area contributed by atoms with Gasteiger partial charge in [0.1, 0.15) is 17.1 Å². The standard InChI is InChI=1S/C18H17ClFN3O2/c1-25-15-7-2-4-12(19)11(15)10-21-17(24)9-8-16-22-14-6-3-5-13(20)18(14)23-16/h2-7H,8-10H2,1H3,(H,21,24)(H,22,23). The summed E-state index contributed by atoms with van der Waals surface area (Å²) in [4.78, 5) is 19.3. The van der Waals surface area contributed by atoms with Crippen molar-refractivity contribution in [3.8, 4) is 5.75 Å². The lowest BCUT2D eigenvalue weighted by Crippen LogP contribution is -2.23. The van der Waals surface area contributed by atoms with Crippen LogP contribution < -0.4 is 10.1 Å². The average molecular weight is 362 g/mol. The predicted molar refractivity (Wildman–Crippen MR) is 94.2 cm³/mol. The molecule has 0 bridgehead atoms. The van der Waals surface area contributed by atoms with Crippen LogP contribution in [0.4, 0.5) is 4.39 Å². The maximum Gasteiger partial charge on any atom is 0.220 e. The zero-order chi connectivity index (χ0) is 17.8. The predicted octanol–water partition coefficient (Wildman–Crippen LogP) is 3.61. The minimum Gasteiger partial charge on any atom is -0.496 e. The first-order valence-electron chi connectivity index (χ1n) is 7.79. The van der Waals surface area contributed by atoms with Gasteiger partial charge in [0.05, 0.1) is 12.6 Å². The summed E-state index contributed by atoms with van der Waals surface area (Å²) in [5, 5.41) is 3.35. The topological polar surface area (TPSA) is 67.0 Å². The number of fused-ring (bicyclic) bond motifs is 1. The highest BCUT2D eigenvalue weighted by atomic mass is 35.5. The minimum absolute atomic E-state index is 0.150. The molecule has 0 radical (unpaired) electrons. The molecule has 0 unspecified atom stereocenters. The van der Waals surface area contributed by atoms with Crippen LogP contribution in [0.25, 0.3) is 11.0 Å². The van der Waals surface area contributed by atoms with Crippen LogP contribution in [0.2, 0.25) is 5.02 Å². The molecule has 0 aliphatic carbocycles. The number of nitrogens with zero attached hydrogens (tertiary/aromatic N) is 1. The molecule has 3 rings (SSSR count). The van der Waals surface area contributed by atoms with Crippen LogP contribution in [0.1, 0.15) is 17.8 Å². The van der Waals surface area contributed by atoms with Gasteiger partial charge < -0.3 is 15.0 Å². The number of benzene rings is 2. The van der Waals surface area contributed by atoms with Crippen molar-refractivity contribution in [3.63, 3.8) is 0 Å². The third-order valence-corrected chi connectivity index (χ3v) is 4.21. The van der Waals surface area contributed by atoms with Gasteiger partial charge in [0, 0.05) is 30.0 Å². The first kappa shape index (κ1) is 17.2. The maximum absolute atomic E-state index is 13.6. The number of H-pyrrole nitrogens is 1. The van der Waals surface area contributed by atoms with Gasteiger partial charge in [-0.1, -0.05) is 23.7 Å². The summed E-state index contributed by atoms with van der Waals surface area (Å²) >= 11 is 6.14. The molecular formula is C18H17ClFN3O2. The second kappa shape index (κ2) is 7.53. The van der Waals surface area contributed by atoms with Crippen molar-refractivity contribution in [2.75, 3.05) is 7.11 Å². The molecule has 130 valence electrons. The fourth-order valence-corrected chi connectivity index (χ4v) is 2.81. The maximum atomic E-state index is 13.6. The van der Waals surface area contributed by atoms with Gasteiger partial charge >= 0.3 is 0 Å². The Morgan fingerprint density at radius 1 is 1.32 bits per heavy atom. The summed E-state index contributed by atoms with van der Waals surface area (Å²) in [7, 11) is 1.55. The molecule has 7 heteroatoms. The summed E-state index contributed by atoms with van der Waals surface area (Å²) in [5.41, 5.74) is 1.64. The first-order valence-corrected chi connectivity index (χ1v) is 8.17. The van der Waals surface area contributed by atoms with Crippen LogP contribution in [0.3, 0.4) is 0 Å². The lowest BCUT2D eigenvalue weighted by Gasteiger charge is -2.11. The lowest BCUT2D eigenvalue weighted by atomic mass is 10.2. The van der Waals surface area contributed by atoms with Crippen LogP contribution in [-0.2, 0) is 17.8 Å². The summed E-state index contributed by atoms with van der Waals surface area (Å²) in [6.07, 6.45) is 0.619. The Morgan fingerprint density at radius 3 is 2.88 bits per heavy atom. The minimum atomic E-state index is -0.379.